The van der Waals surface area contributed by atoms with Gasteiger partial charge in [-0.25, -0.2) is 9.78 Å². The van der Waals surface area contributed by atoms with Gasteiger partial charge in [0.2, 0.25) is 5.89 Å². The molecule has 3 heterocycles. The number of carbonyl (C=O) groups is 2. The van der Waals surface area contributed by atoms with Gasteiger partial charge in [0.15, 0.2) is 11.3 Å². The van der Waals surface area contributed by atoms with E-state index in [2.05, 4.69) is 10.3 Å². The first-order chi connectivity index (χ1) is 13.8. The Hall–Kier alpha value is -3.29. The number of urea groups is 1. The van der Waals surface area contributed by atoms with Gasteiger partial charge in [-0.05, 0) is 30.3 Å². The Labute approximate surface area is 168 Å². The van der Waals surface area contributed by atoms with Gasteiger partial charge in [-0.15, -0.1) is 0 Å². The zero-order chi connectivity index (χ0) is 20.6. The Morgan fingerprint density at radius 1 is 1.07 bits per heavy atom. The Morgan fingerprint density at radius 2 is 1.79 bits per heavy atom. The van der Waals surface area contributed by atoms with Crippen molar-refractivity contribution in [3.63, 3.8) is 0 Å². The van der Waals surface area contributed by atoms with Gasteiger partial charge in [-0.2, -0.15) is 0 Å². The maximum atomic E-state index is 12.6. The lowest BCUT2D eigenvalue weighted by Crippen LogP contribution is -2.51. The first-order valence-electron chi connectivity index (χ1n) is 9.61. The van der Waals surface area contributed by atoms with Crippen LogP contribution in [-0.2, 0) is 5.41 Å². The molecule has 1 N–H and O–H groups in total. The van der Waals surface area contributed by atoms with Gasteiger partial charge in [0.1, 0.15) is 5.52 Å². The second-order valence-corrected chi connectivity index (χ2v) is 8.14. The van der Waals surface area contributed by atoms with Crippen LogP contribution in [0.25, 0.3) is 11.1 Å². The minimum Gasteiger partial charge on any atom is -0.459 e. The zero-order valence-corrected chi connectivity index (χ0v) is 16.8. The predicted octanol–water partition coefficient (Wildman–Crippen LogP) is 3.71. The van der Waals surface area contributed by atoms with E-state index in [1.807, 2.05) is 32.9 Å². The predicted molar refractivity (Wildman–Crippen MR) is 108 cm³/mol. The normalized spacial score (nSPS) is 15.0. The molecule has 1 aliphatic heterocycles. The number of piperazine rings is 1. The zero-order valence-electron chi connectivity index (χ0n) is 16.8. The van der Waals surface area contributed by atoms with Crippen molar-refractivity contribution in [1.29, 1.82) is 0 Å². The number of oxazole rings is 1. The van der Waals surface area contributed by atoms with Crippen molar-refractivity contribution in [3.05, 3.63) is 48.2 Å². The molecule has 0 radical (unpaired) electrons. The molecule has 0 aliphatic carbocycles. The van der Waals surface area contributed by atoms with Crippen LogP contribution in [0.4, 0.5) is 10.5 Å². The summed E-state index contributed by atoms with van der Waals surface area (Å²) < 4.78 is 11.0. The molecule has 1 saturated heterocycles. The molecule has 3 amide bonds. The molecular formula is C21H24N4O4. The van der Waals surface area contributed by atoms with E-state index in [0.717, 1.165) is 0 Å². The molecule has 8 nitrogen and oxygen atoms in total. The van der Waals surface area contributed by atoms with Crippen LogP contribution < -0.4 is 5.32 Å². The Morgan fingerprint density at radius 3 is 2.45 bits per heavy atom. The van der Waals surface area contributed by atoms with E-state index < -0.39 is 0 Å². The number of nitrogens with zero attached hydrogens (tertiary/aromatic N) is 3. The topological polar surface area (TPSA) is 91.8 Å². The minimum absolute atomic E-state index is 0.152. The van der Waals surface area contributed by atoms with Crippen molar-refractivity contribution in [3.8, 4) is 0 Å². The first-order valence-corrected chi connectivity index (χ1v) is 9.61. The molecular weight excluding hydrogens is 372 g/mol. The maximum absolute atomic E-state index is 12.6. The standard InChI is InChI=1S/C21H24N4O4/c1-21(2,3)19-23-15-13-14(6-7-16(15)29-19)22-20(27)25-10-8-24(9-11-25)18(26)17-5-4-12-28-17/h4-7,12-13H,8-11H2,1-3H3,(H,22,27). The molecule has 0 spiro atoms. The molecule has 8 heteroatoms. The number of carbonyl (C=O) groups excluding carboxylic acids is 2. The monoisotopic (exact) mass is 396 g/mol. The highest BCUT2D eigenvalue weighted by atomic mass is 16.4. The lowest BCUT2D eigenvalue weighted by atomic mass is 9.97. The van der Waals surface area contributed by atoms with Crippen LogP contribution in [0.2, 0.25) is 0 Å². The minimum atomic E-state index is -0.200. The number of rotatable bonds is 2. The number of furan rings is 1. The first kappa shape index (κ1) is 19.0. The summed E-state index contributed by atoms with van der Waals surface area (Å²) in [6.07, 6.45) is 1.48. The van der Waals surface area contributed by atoms with E-state index in [4.69, 9.17) is 8.83 Å². The smallest absolute Gasteiger partial charge is 0.321 e. The summed E-state index contributed by atoms with van der Waals surface area (Å²) in [5.74, 6) is 0.827. The molecule has 3 aromatic rings. The molecule has 0 saturated carbocycles. The van der Waals surface area contributed by atoms with Crippen LogP contribution in [0.1, 0.15) is 37.2 Å². The molecule has 152 valence electrons. The summed E-state index contributed by atoms with van der Waals surface area (Å²) in [6, 6.07) is 8.55. The van der Waals surface area contributed by atoms with Gasteiger partial charge in [0.25, 0.3) is 5.91 Å². The fourth-order valence-electron chi connectivity index (χ4n) is 3.20. The number of benzene rings is 1. The van der Waals surface area contributed by atoms with E-state index >= 15 is 0 Å². The van der Waals surface area contributed by atoms with Crippen LogP contribution in [0.5, 0.6) is 0 Å². The Balaban J connectivity index is 1.38. The van der Waals surface area contributed by atoms with Gasteiger partial charge >= 0.3 is 6.03 Å². The second-order valence-electron chi connectivity index (χ2n) is 8.14. The van der Waals surface area contributed by atoms with Crippen LogP contribution >= 0.6 is 0 Å². The summed E-state index contributed by atoms with van der Waals surface area (Å²) in [6.45, 7) is 7.95. The van der Waals surface area contributed by atoms with Crippen LogP contribution in [-0.4, -0.2) is 52.9 Å². The van der Waals surface area contributed by atoms with Gasteiger partial charge in [0, 0.05) is 37.3 Å². The highest BCUT2D eigenvalue weighted by Crippen LogP contribution is 2.27. The van der Waals surface area contributed by atoms with Crippen molar-refractivity contribution in [2.75, 3.05) is 31.5 Å². The highest BCUT2D eigenvalue weighted by molar-refractivity contribution is 5.93. The summed E-state index contributed by atoms with van der Waals surface area (Å²) in [4.78, 5) is 32.9. The highest BCUT2D eigenvalue weighted by Gasteiger charge is 2.26. The lowest BCUT2D eigenvalue weighted by Gasteiger charge is -2.34. The van der Waals surface area contributed by atoms with E-state index in [0.29, 0.717) is 54.6 Å². The van der Waals surface area contributed by atoms with Crippen molar-refractivity contribution < 1.29 is 18.4 Å². The third kappa shape index (κ3) is 3.96. The van der Waals surface area contributed by atoms with Gasteiger partial charge in [0.05, 0.1) is 6.26 Å². The Kier molecular flexibility index (Phi) is 4.77. The molecule has 1 fully saturated rings. The lowest BCUT2D eigenvalue weighted by molar-refractivity contribution is 0.0640. The van der Waals surface area contributed by atoms with Crippen LogP contribution in [0, 0.1) is 0 Å². The number of aromatic nitrogens is 1. The third-order valence-electron chi connectivity index (χ3n) is 4.87. The van der Waals surface area contributed by atoms with Crippen molar-refractivity contribution >= 4 is 28.7 Å². The summed E-state index contributed by atoms with van der Waals surface area (Å²) in [7, 11) is 0. The van der Waals surface area contributed by atoms with Crippen LogP contribution in [0.3, 0.4) is 0 Å². The molecule has 29 heavy (non-hydrogen) atoms. The summed E-state index contributed by atoms with van der Waals surface area (Å²) >= 11 is 0. The van der Waals surface area contributed by atoms with Crippen molar-refractivity contribution in [2.45, 2.75) is 26.2 Å². The number of anilines is 1. The average molecular weight is 396 g/mol. The fourth-order valence-corrected chi connectivity index (χ4v) is 3.20. The largest absolute Gasteiger partial charge is 0.459 e. The summed E-state index contributed by atoms with van der Waals surface area (Å²) in [5.41, 5.74) is 1.87. The molecule has 4 rings (SSSR count). The third-order valence-corrected chi connectivity index (χ3v) is 4.87. The van der Waals surface area contributed by atoms with E-state index in [9.17, 15) is 9.59 Å². The molecule has 2 aromatic heterocycles. The molecule has 1 aliphatic rings. The van der Waals surface area contributed by atoms with E-state index in [1.165, 1.54) is 6.26 Å². The number of hydrogen-bond acceptors (Lipinski definition) is 5. The average Bonchev–Trinajstić information content (AvgIpc) is 3.36. The van der Waals surface area contributed by atoms with Gasteiger partial charge in [-0.1, -0.05) is 20.8 Å². The van der Waals surface area contributed by atoms with E-state index in [-0.39, 0.29) is 17.4 Å². The van der Waals surface area contributed by atoms with Crippen molar-refractivity contribution in [2.24, 2.45) is 0 Å². The number of nitrogens with one attached hydrogen (secondary N) is 1. The number of fused-ring (bicyclic) bond motifs is 1. The molecule has 0 unspecified atom stereocenters. The molecule has 1 aromatic carbocycles. The fraction of sp³-hybridized carbons (Fsp3) is 0.381. The SMILES string of the molecule is CC(C)(C)c1nc2cc(NC(=O)N3CCN(C(=O)c4ccco4)CC3)ccc2o1. The number of hydrogen-bond donors (Lipinski definition) is 1. The summed E-state index contributed by atoms with van der Waals surface area (Å²) in [5, 5.41) is 2.91. The molecule has 0 bridgehead atoms. The second kappa shape index (κ2) is 7.27. The van der Waals surface area contributed by atoms with Gasteiger partial charge in [-0.3, -0.25) is 4.79 Å². The number of amides is 3. The van der Waals surface area contributed by atoms with Crippen LogP contribution in [0.15, 0.2) is 45.4 Å². The van der Waals surface area contributed by atoms with Gasteiger partial charge < -0.3 is 24.0 Å². The maximum Gasteiger partial charge on any atom is 0.321 e. The quantitative estimate of drug-likeness (QED) is 0.713. The van der Waals surface area contributed by atoms with Crippen molar-refractivity contribution in [1.82, 2.24) is 14.8 Å². The molecule has 0 atom stereocenters. The van der Waals surface area contributed by atoms with E-state index in [1.54, 1.807) is 28.0 Å². The Bertz CT molecular complexity index is 1020.